The number of carboxylic acids is 1. The first-order valence-electron chi connectivity index (χ1n) is 6.30. The van der Waals surface area contributed by atoms with E-state index in [1.165, 1.54) is 12.3 Å². The maximum absolute atomic E-state index is 12.2. The lowest BCUT2D eigenvalue weighted by atomic mass is 10.4. The van der Waals surface area contributed by atoms with Crippen LogP contribution in [0.15, 0.2) is 17.2 Å². The quantitative estimate of drug-likeness (QED) is 0.854. The van der Waals surface area contributed by atoms with Gasteiger partial charge in [0.15, 0.2) is 0 Å². The second-order valence-corrected chi connectivity index (χ2v) is 7.35. The molecule has 0 atom stereocenters. The summed E-state index contributed by atoms with van der Waals surface area (Å²) in [6, 6.07) is 1.38. The minimum absolute atomic E-state index is 0.0452. The molecule has 1 aromatic rings. The second kappa shape index (κ2) is 3.83. The van der Waals surface area contributed by atoms with Crippen LogP contribution in [0.5, 0.6) is 0 Å². The van der Waals surface area contributed by atoms with E-state index in [0.29, 0.717) is 0 Å². The van der Waals surface area contributed by atoms with Crippen LogP contribution < -0.4 is 4.72 Å². The molecule has 0 spiro atoms. The van der Waals surface area contributed by atoms with E-state index in [9.17, 15) is 13.2 Å². The van der Waals surface area contributed by atoms with E-state index >= 15 is 0 Å². The number of rotatable bonds is 5. The van der Waals surface area contributed by atoms with E-state index in [1.54, 1.807) is 4.57 Å². The SMILES string of the molecule is CC1(NS(=O)(=O)c2cc(C(=O)O)n(C3CC3)c2)CC1. The minimum Gasteiger partial charge on any atom is -0.477 e. The summed E-state index contributed by atoms with van der Waals surface area (Å²) in [7, 11) is -3.63. The van der Waals surface area contributed by atoms with Crippen molar-refractivity contribution in [2.45, 2.75) is 49.1 Å². The highest BCUT2D eigenvalue weighted by Gasteiger charge is 2.42. The third kappa shape index (κ3) is 2.40. The molecule has 0 saturated heterocycles. The van der Waals surface area contributed by atoms with Crippen molar-refractivity contribution in [1.82, 2.24) is 9.29 Å². The van der Waals surface area contributed by atoms with Gasteiger partial charge in [0.2, 0.25) is 10.0 Å². The van der Waals surface area contributed by atoms with Gasteiger partial charge in [-0.2, -0.15) is 0 Å². The topological polar surface area (TPSA) is 88.4 Å². The lowest BCUT2D eigenvalue weighted by Crippen LogP contribution is -2.34. The van der Waals surface area contributed by atoms with Gasteiger partial charge in [-0.3, -0.25) is 0 Å². The third-order valence-corrected chi connectivity index (χ3v) is 5.28. The van der Waals surface area contributed by atoms with Crippen molar-refractivity contribution in [2.24, 2.45) is 0 Å². The number of nitrogens with zero attached hydrogens (tertiary/aromatic N) is 1. The molecule has 0 bridgehead atoms. The van der Waals surface area contributed by atoms with Crippen LogP contribution in [0.4, 0.5) is 0 Å². The Morgan fingerprint density at radius 1 is 1.47 bits per heavy atom. The van der Waals surface area contributed by atoms with Crippen molar-refractivity contribution in [3.8, 4) is 0 Å². The van der Waals surface area contributed by atoms with E-state index in [4.69, 9.17) is 5.11 Å². The fourth-order valence-corrected chi connectivity index (χ4v) is 3.59. The summed E-state index contributed by atoms with van der Waals surface area (Å²) in [4.78, 5) is 11.2. The fourth-order valence-electron chi connectivity index (χ4n) is 2.10. The molecule has 3 rings (SSSR count). The average Bonchev–Trinajstić information content (AvgIpc) is 3.20. The lowest BCUT2D eigenvalue weighted by Gasteiger charge is -2.10. The van der Waals surface area contributed by atoms with Gasteiger partial charge < -0.3 is 9.67 Å². The highest BCUT2D eigenvalue weighted by atomic mass is 32.2. The normalized spacial score (nSPS) is 21.3. The molecule has 1 aromatic heterocycles. The molecule has 2 N–H and O–H groups in total. The number of hydrogen-bond donors (Lipinski definition) is 2. The molecule has 0 aromatic carbocycles. The van der Waals surface area contributed by atoms with Gasteiger partial charge in [0.25, 0.3) is 0 Å². The minimum atomic E-state index is -3.63. The van der Waals surface area contributed by atoms with Crippen LogP contribution in [0.2, 0.25) is 0 Å². The Kier molecular flexibility index (Phi) is 2.56. The molecule has 0 radical (unpaired) electrons. The number of aromatic carboxylic acids is 1. The van der Waals surface area contributed by atoms with E-state index in [-0.39, 0.29) is 22.2 Å². The summed E-state index contributed by atoms with van der Waals surface area (Å²) >= 11 is 0. The summed E-state index contributed by atoms with van der Waals surface area (Å²) in [6.07, 6.45) is 4.89. The molecular weight excluding hydrogens is 268 g/mol. The molecule has 104 valence electrons. The zero-order valence-electron chi connectivity index (χ0n) is 10.6. The molecule has 0 amide bonds. The predicted molar refractivity (Wildman–Crippen MR) is 67.6 cm³/mol. The third-order valence-electron chi connectivity index (χ3n) is 3.67. The molecule has 2 fully saturated rings. The van der Waals surface area contributed by atoms with Crippen molar-refractivity contribution in [3.63, 3.8) is 0 Å². The van der Waals surface area contributed by atoms with Gasteiger partial charge in [0.1, 0.15) is 10.6 Å². The molecule has 2 saturated carbocycles. The largest absolute Gasteiger partial charge is 0.477 e. The van der Waals surface area contributed by atoms with E-state index in [1.807, 2.05) is 6.92 Å². The molecule has 1 heterocycles. The first-order valence-corrected chi connectivity index (χ1v) is 7.78. The molecule has 19 heavy (non-hydrogen) atoms. The Hall–Kier alpha value is -1.34. The van der Waals surface area contributed by atoms with Gasteiger partial charge in [-0.1, -0.05) is 0 Å². The van der Waals surface area contributed by atoms with Gasteiger partial charge >= 0.3 is 5.97 Å². The summed E-state index contributed by atoms with van der Waals surface area (Å²) in [6.45, 7) is 1.85. The van der Waals surface area contributed by atoms with Gasteiger partial charge in [-0.15, -0.1) is 0 Å². The molecule has 7 heteroatoms. The van der Waals surface area contributed by atoms with Gasteiger partial charge in [0.05, 0.1) is 0 Å². The number of hydrogen-bond acceptors (Lipinski definition) is 3. The van der Waals surface area contributed by atoms with Crippen LogP contribution in [-0.4, -0.2) is 29.6 Å². The molecule has 2 aliphatic rings. The monoisotopic (exact) mass is 284 g/mol. The van der Waals surface area contributed by atoms with E-state index in [2.05, 4.69) is 4.72 Å². The van der Waals surface area contributed by atoms with Crippen LogP contribution in [0, 0.1) is 0 Å². The molecular formula is C12H16N2O4S. The predicted octanol–water partition coefficient (Wildman–Crippen LogP) is 1.35. The summed E-state index contributed by atoms with van der Waals surface area (Å²) in [5, 5.41) is 9.13. The summed E-state index contributed by atoms with van der Waals surface area (Å²) in [5.74, 6) is -1.09. The van der Waals surface area contributed by atoms with Crippen molar-refractivity contribution >= 4 is 16.0 Å². The van der Waals surface area contributed by atoms with Gasteiger partial charge in [-0.25, -0.2) is 17.9 Å². The fraction of sp³-hybridized carbons (Fsp3) is 0.583. The first kappa shape index (κ1) is 12.7. The van der Waals surface area contributed by atoms with Crippen LogP contribution in [0.25, 0.3) is 0 Å². The smallest absolute Gasteiger partial charge is 0.352 e. The molecule has 2 aliphatic carbocycles. The van der Waals surface area contributed by atoms with E-state index in [0.717, 1.165) is 25.7 Å². The van der Waals surface area contributed by atoms with Crippen LogP contribution in [0.3, 0.4) is 0 Å². The van der Waals surface area contributed by atoms with Crippen molar-refractivity contribution in [1.29, 1.82) is 0 Å². The molecule has 0 unspecified atom stereocenters. The number of carboxylic acid groups (broad SMARTS) is 1. The maximum atomic E-state index is 12.2. The maximum Gasteiger partial charge on any atom is 0.352 e. The number of aromatic nitrogens is 1. The van der Waals surface area contributed by atoms with Crippen molar-refractivity contribution in [3.05, 3.63) is 18.0 Å². The van der Waals surface area contributed by atoms with E-state index < -0.39 is 16.0 Å². The molecule has 0 aliphatic heterocycles. The van der Waals surface area contributed by atoms with Gasteiger partial charge in [0, 0.05) is 17.8 Å². The standard InChI is InChI=1S/C12H16N2O4S/c1-12(4-5-12)13-19(17,18)9-6-10(11(15)16)14(7-9)8-2-3-8/h6-8,13H,2-5H2,1H3,(H,15,16). The number of carbonyl (C=O) groups is 1. The van der Waals surface area contributed by atoms with Crippen LogP contribution in [0.1, 0.15) is 49.1 Å². The number of sulfonamides is 1. The molecule has 6 nitrogen and oxygen atoms in total. The Morgan fingerprint density at radius 3 is 2.58 bits per heavy atom. The Balaban J connectivity index is 1.96. The number of nitrogens with one attached hydrogen (secondary N) is 1. The Morgan fingerprint density at radius 2 is 2.11 bits per heavy atom. The highest BCUT2D eigenvalue weighted by molar-refractivity contribution is 7.89. The zero-order valence-corrected chi connectivity index (χ0v) is 11.4. The second-order valence-electron chi connectivity index (χ2n) is 5.67. The van der Waals surface area contributed by atoms with Gasteiger partial charge in [-0.05, 0) is 38.7 Å². The Labute approximate surface area is 111 Å². The lowest BCUT2D eigenvalue weighted by molar-refractivity contribution is 0.0685. The van der Waals surface area contributed by atoms with Crippen molar-refractivity contribution < 1.29 is 18.3 Å². The Bertz CT molecular complexity index is 639. The highest BCUT2D eigenvalue weighted by Crippen LogP contribution is 2.39. The first-order chi connectivity index (χ1) is 8.81. The summed E-state index contributed by atoms with van der Waals surface area (Å²) < 4.78 is 28.6. The summed E-state index contributed by atoms with van der Waals surface area (Å²) in [5.41, 5.74) is -0.312. The van der Waals surface area contributed by atoms with Crippen molar-refractivity contribution in [2.75, 3.05) is 0 Å². The zero-order chi connectivity index (χ0) is 13.8. The van der Waals surface area contributed by atoms with Crippen LogP contribution in [-0.2, 0) is 10.0 Å². The van der Waals surface area contributed by atoms with Crippen LogP contribution >= 0.6 is 0 Å². The average molecular weight is 284 g/mol.